The first-order valence-electron chi connectivity index (χ1n) is 10.2. The molecule has 0 saturated carbocycles. The van der Waals surface area contributed by atoms with Gasteiger partial charge >= 0.3 is 0 Å². The highest BCUT2D eigenvalue weighted by Gasteiger charge is 2.20. The normalized spacial score (nSPS) is 15.3. The molecule has 0 atom stereocenters. The fraction of sp³-hybridized carbons (Fsp3) is 0.500. The lowest BCUT2D eigenvalue weighted by atomic mass is 10.1. The van der Waals surface area contributed by atoms with Gasteiger partial charge in [0.15, 0.2) is 5.96 Å². The fourth-order valence-electron chi connectivity index (χ4n) is 3.57. The third kappa shape index (κ3) is 7.79. The largest absolute Gasteiger partial charge is 0.363 e. The molecule has 29 heavy (non-hydrogen) atoms. The summed E-state index contributed by atoms with van der Waals surface area (Å²) in [5.74, 6) is 0.926. The number of rotatable bonds is 7. The number of anilines is 1. The summed E-state index contributed by atoms with van der Waals surface area (Å²) in [6.07, 6.45) is 2.28. The van der Waals surface area contributed by atoms with E-state index in [4.69, 9.17) is 4.99 Å². The molecule has 0 radical (unpaired) electrons. The number of guanidine groups is 1. The van der Waals surface area contributed by atoms with Gasteiger partial charge in [0.2, 0.25) is 0 Å². The minimum Gasteiger partial charge on any atom is -0.363 e. The molecular formula is C22H34IN5S. The molecule has 1 aromatic heterocycles. The van der Waals surface area contributed by atoms with Gasteiger partial charge in [-0.3, -0.25) is 0 Å². The molecule has 1 aliphatic rings. The molecule has 3 rings (SSSR count). The van der Waals surface area contributed by atoms with Crippen molar-refractivity contribution in [3.05, 3.63) is 52.9 Å². The first-order chi connectivity index (χ1) is 13.6. The molecule has 5 nitrogen and oxygen atoms in total. The second-order valence-electron chi connectivity index (χ2n) is 7.61. The van der Waals surface area contributed by atoms with Gasteiger partial charge in [-0.25, -0.2) is 4.99 Å². The molecule has 1 saturated heterocycles. The number of halogens is 1. The van der Waals surface area contributed by atoms with E-state index < -0.39 is 0 Å². The van der Waals surface area contributed by atoms with Crippen molar-refractivity contribution in [3.63, 3.8) is 0 Å². The van der Waals surface area contributed by atoms with Crippen molar-refractivity contribution in [1.82, 2.24) is 15.5 Å². The summed E-state index contributed by atoms with van der Waals surface area (Å²) in [5, 5.41) is 10.6. The molecule has 0 spiro atoms. The molecule has 160 valence electrons. The summed E-state index contributed by atoms with van der Waals surface area (Å²) >= 11 is 1.83. The maximum Gasteiger partial charge on any atom is 0.191 e. The van der Waals surface area contributed by atoms with Crippen molar-refractivity contribution < 1.29 is 0 Å². The zero-order chi connectivity index (χ0) is 19.8. The van der Waals surface area contributed by atoms with Gasteiger partial charge in [-0.05, 0) is 62.5 Å². The van der Waals surface area contributed by atoms with Crippen molar-refractivity contribution in [2.75, 3.05) is 38.6 Å². The molecule has 7 heteroatoms. The van der Waals surface area contributed by atoms with Gasteiger partial charge in [0.05, 0.1) is 11.5 Å². The zero-order valence-electron chi connectivity index (χ0n) is 17.7. The summed E-state index contributed by atoms with van der Waals surface area (Å²) < 4.78 is 0. The molecule has 2 aromatic rings. The Morgan fingerprint density at radius 3 is 2.59 bits per heavy atom. The van der Waals surface area contributed by atoms with Crippen LogP contribution < -0.4 is 15.5 Å². The smallest absolute Gasteiger partial charge is 0.191 e. The molecule has 0 bridgehead atoms. The number of hydrogen-bond acceptors (Lipinski definition) is 4. The Bertz CT molecular complexity index is 739. The summed E-state index contributed by atoms with van der Waals surface area (Å²) in [4.78, 5) is 9.52. The van der Waals surface area contributed by atoms with Gasteiger partial charge in [0, 0.05) is 32.2 Å². The van der Waals surface area contributed by atoms with E-state index in [9.17, 15) is 0 Å². The quantitative estimate of drug-likeness (QED) is 0.323. The minimum absolute atomic E-state index is 0. The Balaban J connectivity index is 0.00000300. The van der Waals surface area contributed by atoms with E-state index in [0.717, 1.165) is 45.0 Å². The van der Waals surface area contributed by atoms with Crippen LogP contribution in [0.3, 0.4) is 0 Å². The Morgan fingerprint density at radius 1 is 1.17 bits per heavy atom. The Kier molecular flexibility index (Phi) is 10.2. The summed E-state index contributed by atoms with van der Waals surface area (Å²) in [7, 11) is 4.20. The van der Waals surface area contributed by atoms with E-state index >= 15 is 0 Å². The number of aliphatic imine (C=N–C) groups is 1. The van der Waals surface area contributed by atoms with Crippen LogP contribution in [-0.4, -0.2) is 50.6 Å². The van der Waals surface area contributed by atoms with Crippen LogP contribution in [0.25, 0.3) is 0 Å². The van der Waals surface area contributed by atoms with Crippen molar-refractivity contribution in [2.24, 2.45) is 4.99 Å². The number of nitrogens with zero attached hydrogens (tertiary/aromatic N) is 3. The molecule has 0 unspecified atom stereocenters. The van der Waals surface area contributed by atoms with Crippen LogP contribution in [0.1, 0.15) is 30.9 Å². The molecule has 1 aliphatic heterocycles. The first kappa shape index (κ1) is 24.0. The predicted octanol–water partition coefficient (Wildman–Crippen LogP) is 4.15. The summed E-state index contributed by atoms with van der Waals surface area (Å²) in [6, 6.07) is 13.6. The van der Waals surface area contributed by atoms with E-state index in [-0.39, 0.29) is 24.0 Å². The van der Waals surface area contributed by atoms with Gasteiger partial charge in [-0.2, -0.15) is 0 Å². The number of nitrogens with one attached hydrogen (secondary N) is 2. The molecule has 2 N–H and O–H groups in total. The van der Waals surface area contributed by atoms with Crippen molar-refractivity contribution in [3.8, 4) is 0 Å². The van der Waals surface area contributed by atoms with Crippen molar-refractivity contribution in [2.45, 2.75) is 38.9 Å². The van der Waals surface area contributed by atoms with Gasteiger partial charge in [-0.15, -0.1) is 35.3 Å². The van der Waals surface area contributed by atoms with Crippen LogP contribution >= 0.6 is 35.3 Å². The van der Waals surface area contributed by atoms with Crippen LogP contribution in [0.15, 0.2) is 46.8 Å². The molecular weight excluding hydrogens is 493 g/mol. The van der Waals surface area contributed by atoms with Gasteiger partial charge in [0.25, 0.3) is 0 Å². The third-order valence-electron chi connectivity index (χ3n) is 4.91. The van der Waals surface area contributed by atoms with Crippen LogP contribution in [-0.2, 0) is 13.1 Å². The Hall–Kier alpha value is -1.32. The monoisotopic (exact) mass is 527 g/mol. The summed E-state index contributed by atoms with van der Waals surface area (Å²) in [6.45, 7) is 6.85. The van der Waals surface area contributed by atoms with Crippen LogP contribution in [0.4, 0.5) is 5.00 Å². The lowest BCUT2D eigenvalue weighted by Gasteiger charge is -2.33. The molecule has 2 heterocycles. The topological polar surface area (TPSA) is 42.9 Å². The number of benzene rings is 1. The number of hydrogen-bond donors (Lipinski definition) is 2. The Labute approximate surface area is 196 Å². The van der Waals surface area contributed by atoms with Gasteiger partial charge in [-0.1, -0.05) is 24.3 Å². The summed E-state index contributed by atoms with van der Waals surface area (Å²) in [5.41, 5.74) is 2.58. The number of thiophene rings is 1. The second-order valence-corrected chi connectivity index (χ2v) is 8.54. The molecule has 1 aromatic carbocycles. The molecule has 0 aliphatic carbocycles. The highest BCUT2D eigenvalue weighted by atomic mass is 127. The van der Waals surface area contributed by atoms with Crippen molar-refractivity contribution in [1.29, 1.82) is 0 Å². The zero-order valence-corrected chi connectivity index (χ0v) is 20.9. The molecule has 1 fully saturated rings. The maximum atomic E-state index is 4.84. The lowest BCUT2D eigenvalue weighted by molar-refractivity contribution is 0.402. The maximum absolute atomic E-state index is 4.84. The fourth-order valence-corrected chi connectivity index (χ4v) is 4.35. The highest BCUT2D eigenvalue weighted by Crippen LogP contribution is 2.24. The SMILES string of the molecule is CCNC(=NCc1cccc(CN(C)C)c1)NC1CCN(c2cccs2)CC1.I. The second kappa shape index (κ2) is 12.4. The van der Waals surface area contributed by atoms with E-state index in [1.807, 2.05) is 11.3 Å². The van der Waals surface area contributed by atoms with E-state index in [2.05, 4.69) is 83.2 Å². The van der Waals surface area contributed by atoms with Crippen molar-refractivity contribution >= 4 is 46.3 Å². The van der Waals surface area contributed by atoms with E-state index in [0.29, 0.717) is 12.6 Å². The van der Waals surface area contributed by atoms with Crippen LogP contribution in [0, 0.1) is 0 Å². The van der Waals surface area contributed by atoms with Gasteiger partial charge < -0.3 is 20.4 Å². The standard InChI is InChI=1S/C22H33N5S.HI/c1-4-23-22(24-16-18-7-5-8-19(15-18)17-26(2)3)25-20-10-12-27(13-11-20)21-9-6-14-28-21;/h5-9,14-15,20H,4,10-13,16-17H2,1-3H3,(H2,23,24,25);1H. The predicted molar refractivity (Wildman–Crippen MR) is 137 cm³/mol. The van der Waals surface area contributed by atoms with Crippen LogP contribution in [0.2, 0.25) is 0 Å². The van der Waals surface area contributed by atoms with E-state index in [1.54, 1.807) is 0 Å². The lowest BCUT2D eigenvalue weighted by Crippen LogP contribution is -2.48. The average Bonchev–Trinajstić information content (AvgIpc) is 3.21. The molecule has 0 amide bonds. The van der Waals surface area contributed by atoms with E-state index in [1.165, 1.54) is 16.1 Å². The third-order valence-corrected chi connectivity index (χ3v) is 5.84. The van der Waals surface area contributed by atoms with Crippen LogP contribution in [0.5, 0.6) is 0 Å². The first-order valence-corrected chi connectivity index (χ1v) is 11.1. The number of piperidine rings is 1. The average molecular weight is 528 g/mol. The Morgan fingerprint density at radius 2 is 1.93 bits per heavy atom. The van der Waals surface area contributed by atoms with Gasteiger partial charge in [0.1, 0.15) is 0 Å². The minimum atomic E-state index is 0. The highest BCUT2D eigenvalue weighted by molar-refractivity contribution is 14.0.